The normalized spacial score (nSPS) is 9.04. The molecule has 0 amide bonds. The molecule has 0 spiro atoms. The number of esters is 1. The van der Waals surface area contributed by atoms with Crippen molar-refractivity contribution in [2.45, 2.75) is 0 Å². The molecule has 7 nitrogen and oxygen atoms in total. The number of carbonyl (C=O) groups excluding carboxylic acids is 3. The van der Waals surface area contributed by atoms with Crippen molar-refractivity contribution >= 4 is 17.9 Å². The molecule has 2 rings (SSSR count). The average molecular weight is 331 g/mol. The molecule has 1 aromatic carbocycles. The second-order valence-corrected chi connectivity index (χ2v) is 3.90. The van der Waals surface area contributed by atoms with E-state index in [1.807, 2.05) is 0 Å². The molecular weight excluding hydrogens is 324 g/mol. The summed E-state index contributed by atoms with van der Waals surface area (Å²) in [5.41, 5.74) is -1.13. The average Bonchev–Trinajstić information content (AvgIpc) is 2.47. The summed E-state index contributed by atoms with van der Waals surface area (Å²) in [6.45, 7) is 0. The van der Waals surface area contributed by atoms with Gasteiger partial charge in [-0.15, -0.1) is 0 Å². The first-order chi connectivity index (χ1) is 9.97. The van der Waals surface area contributed by atoms with Gasteiger partial charge in [-0.2, -0.15) is 0 Å². The van der Waals surface area contributed by atoms with Gasteiger partial charge in [0.1, 0.15) is 5.75 Å². The number of ether oxygens (including phenoxy) is 1. The number of hydrogen-bond acceptors (Lipinski definition) is 7. The molecule has 0 fully saturated rings. The summed E-state index contributed by atoms with van der Waals surface area (Å²) in [4.78, 5) is 36.6. The van der Waals surface area contributed by atoms with E-state index in [0.717, 1.165) is 12.1 Å². The molecule has 0 bridgehead atoms. The van der Waals surface area contributed by atoms with Crippen LogP contribution in [-0.4, -0.2) is 22.9 Å². The number of carbonyl (C=O) groups is 3. The summed E-state index contributed by atoms with van der Waals surface area (Å²) >= 11 is 0. The predicted molar refractivity (Wildman–Crippen MR) is 64.3 cm³/mol. The second kappa shape index (κ2) is 9.82. The number of aromatic nitrogens is 1. The molecule has 9 heteroatoms. The fraction of sp³-hybridized carbons (Fsp3) is 0. The first-order valence-electron chi connectivity index (χ1n) is 5.69. The van der Waals surface area contributed by atoms with Crippen molar-refractivity contribution in [3.63, 3.8) is 0 Å². The fourth-order valence-electron chi connectivity index (χ4n) is 1.51. The van der Waals surface area contributed by atoms with E-state index in [0.29, 0.717) is 0 Å². The minimum atomic E-state index is -1.70. The van der Waals surface area contributed by atoms with Crippen molar-refractivity contribution in [2.75, 3.05) is 0 Å². The van der Waals surface area contributed by atoms with Gasteiger partial charge in [0, 0.05) is 12.1 Å². The predicted octanol–water partition coefficient (Wildman–Crippen LogP) is -6.96. The van der Waals surface area contributed by atoms with Gasteiger partial charge in [0.2, 0.25) is 0 Å². The molecule has 0 radical (unpaired) electrons. The molecule has 0 aliphatic heterocycles. The Hall–Kier alpha value is -1.22. The van der Waals surface area contributed by atoms with Gasteiger partial charge < -0.3 is 24.5 Å². The number of nitrogens with zero attached hydrogens (tertiary/aromatic N) is 1. The zero-order valence-electron chi connectivity index (χ0n) is 12.4. The Bertz CT molecular complexity index is 688. The fourth-order valence-corrected chi connectivity index (χ4v) is 1.51. The summed E-state index contributed by atoms with van der Waals surface area (Å²) in [6.07, 6.45) is 0. The maximum atomic E-state index is 11.8. The number of aromatic carboxylic acids is 2. The second-order valence-electron chi connectivity index (χ2n) is 3.90. The summed E-state index contributed by atoms with van der Waals surface area (Å²) < 4.78 is 4.92. The quantitative estimate of drug-likeness (QED) is 0.403. The monoisotopic (exact) mass is 331 g/mol. The van der Waals surface area contributed by atoms with Crippen LogP contribution in [0.4, 0.5) is 0 Å². The summed E-state index contributed by atoms with van der Waals surface area (Å²) in [7, 11) is 0. The van der Waals surface area contributed by atoms with Crippen molar-refractivity contribution in [3.05, 3.63) is 59.4 Å². The summed E-state index contributed by atoms with van der Waals surface area (Å²) in [6, 6.07) is 9.69. The number of carboxylic acids is 2. The SMILES string of the molecule is O=C(Oc1cc(C(=O)[O-])nc(C(=O)[O-])c1)c1ccccc1.[Na+].[Na+]. The van der Waals surface area contributed by atoms with Gasteiger partial charge in [0.25, 0.3) is 0 Å². The van der Waals surface area contributed by atoms with Crippen LogP contribution in [0.1, 0.15) is 31.3 Å². The summed E-state index contributed by atoms with van der Waals surface area (Å²) in [5.74, 6) is -4.45. The Morgan fingerprint density at radius 3 is 1.78 bits per heavy atom. The van der Waals surface area contributed by atoms with Gasteiger partial charge in [0.15, 0.2) is 0 Å². The van der Waals surface area contributed by atoms with Crippen molar-refractivity contribution in [3.8, 4) is 5.75 Å². The maximum Gasteiger partial charge on any atom is 1.00 e. The Balaban J connectivity index is 0.00000242. The number of rotatable bonds is 4. The van der Waals surface area contributed by atoms with E-state index < -0.39 is 29.3 Å². The standard InChI is InChI=1S/C14H9NO6.2Na/c16-12(17)10-6-9(7-11(15-10)13(18)19)21-14(20)8-4-2-1-3-5-8;;/h1-7H,(H,16,17)(H,18,19);;/q;2*+1/p-2. The van der Waals surface area contributed by atoms with Crippen LogP contribution in [0.15, 0.2) is 42.5 Å². The van der Waals surface area contributed by atoms with Gasteiger partial charge >= 0.3 is 65.1 Å². The molecule has 0 saturated heterocycles. The van der Waals surface area contributed by atoms with Gasteiger partial charge in [-0.3, -0.25) is 0 Å². The third-order valence-electron chi connectivity index (χ3n) is 2.44. The van der Waals surface area contributed by atoms with E-state index >= 15 is 0 Å². The minimum absolute atomic E-state index is 0. The molecular formula is C14H7NNa2O6. The van der Waals surface area contributed by atoms with Crippen LogP contribution in [-0.2, 0) is 0 Å². The molecule has 1 heterocycles. The van der Waals surface area contributed by atoms with Crippen molar-refractivity contribution in [1.29, 1.82) is 0 Å². The van der Waals surface area contributed by atoms with Gasteiger partial charge in [-0.05, 0) is 12.1 Å². The molecule has 106 valence electrons. The van der Waals surface area contributed by atoms with Gasteiger partial charge in [-0.25, -0.2) is 9.78 Å². The van der Waals surface area contributed by atoms with E-state index in [1.165, 1.54) is 12.1 Å². The third kappa shape index (κ3) is 6.06. The molecule has 0 aliphatic rings. The molecule has 0 N–H and O–H groups in total. The zero-order chi connectivity index (χ0) is 15.4. The van der Waals surface area contributed by atoms with Crippen LogP contribution in [0.3, 0.4) is 0 Å². The Labute approximate surface area is 175 Å². The largest absolute Gasteiger partial charge is 1.00 e. The Kier molecular flexibility index (Phi) is 9.29. The molecule has 23 heavy (non-hydrogen) atoms. The van der Waals surface area contributed by atoms with Crippen LogP contribution in [0.5, 0.6) is 5.75 Å². The minimum Gasteiger partial charge on any atom is -0.543 e. The van der Waals surface area contributed by atoms with E-state index in [9.17, 15) is 24.6 Å². The van der Waals surface area contributed by atoms with Crippen LogP contribution >= 0.6 is 0 Å². The summed E-state index contributed by atoms with van der Waals surface area (Å²) in [5, 5.41) is 21.5. The van der Waals surface area contributed by atoms with Crippen LogP contribution in [0, 0.1) is 0 Å². The molecule has 0 saturated carbocycles. The number of hydrogen-bond donors (Lipinski definition) is 0. The van der Waals surface area contributed by atoms with Crippen molar-refractivity contribution in [2.24, 2.45) is 0 Å². The zero-order valence-corrected chi connectivity index (χ0v) is 16.4. The van der Waals surface area contributed by atoms with E-state index in [4.69, 9.17) is 4.74 Å². The number of carboxylic acid groups (broad SMARTS) is 2. The van der Waals surface area contributed by atoms with Gasteiger partial charge in [-0.1, -0.05) is 18.2 Å². The van der Waals surface area contributed by atoms with Crippen LogP contribution in [0.2, 0.25) is 0 Å². The van der Waals surface area contributed by atoms with E-state index in [-0.39, 0.29) is 70.4 Å². The van der Waals surface area contributed by atoms with Crippen LogP contribution in [0.25, 0.3) is 0 Å². The maximum absolute atomic E-state index is 11.8. The van der Waals surface area contributed by atoms with Crippen LogP contribution < -0.4 is 74.1 Å². The Morgan fingerprint density at radius 1 is 0.870 bits per heavy atom. The third-order valence-corrected chi connectivity index (χ3v) is 2.44. The number of benzene rings is 1. The molecule has 0 unspecified atom stereocenters. The van der Waals surface area contributed by atoms with Crippen molar-refractivity contribution in [1.82, 2.24) is 4.98 Å². The first-order valence-corrected chi connectivity index (χ1v) is 5.69. The van der Waals surface area contributed by atoms with Crippen molar-refractivity contribution < 1.29 is 88.4 Å². The first kappa shape index (κ1) is 21.8. The van der Waals surface area contributed by atoms with E-state index in [1.54, 1.807) is 18.2 Å². The molecule has 0 atom stereocenters. The van der Waals surface area contributed by atoms with Gasteiger partial charge in [0.05, 0.1) is 28.9 Å². The topological polar surface area (TPSA) is 119 Å². The number of pyridine rings is 1. The molecule has 2 aromatic rings. The molecule has 0 aliphatic carbocycles. The molecule has 1 aromatic heterocycles. The Morgan fingerprint density at radius 2 is 1.35 bits per heavy atom. The smallest absolute Gasteiger partial charge is 0.543 e. The van der Waals surface area contributed by atoms with E-state index in [2.05, 4.69) is 4.98 Å².